The average molecular weight is 594 g/mol. The van der Waals surface area contributed by atoms with Gasteiger partial charge in [-0.1, -0.05) is 188 Å². The fourth-order valence-electron chi connectivity index (χ4n) is 6.56. The first-order chi connectivity index (χ1) is 20.5. The van der Waals surface area contributed by atoms with Gasteiger partial charge in [-0.15, -0.1) is 0 Å². The van der Waals surface area contributed by atoms with Crippen molar-refractivity contribution in [3.05, 3.63) is 0 Å². The minimum Gasteiger partial charge on any atom is -0.309 e. The molecule has 0 saturated heterocycles. The number of hydrogen-bond donors (Lipinski definition) is 1. The summed E-state index contributed by atoms with van der Waals surface area (Å²) in [5, 5.41) is 3.39. The van der Waals surface area contributed by atoms with E-state index in [1.165, 1.54) is 180 Å². The maximum absolute atomic E-state index is 12.7. The fourth-order valence-corrected chi connectivity index (χ4v) is 6.56. The fraction of sp³-hybridized carbons (Fsp3) is 0.974. The van der Waals surface area contributed by atoms with Crippen molar-refractivity contribution in [3.63, 3.8) is 0 Å². The molecule has 1 unspecified atom stereocenters. The van der Waals surface area contributed by atoms with Gasteiger partial charge in [-0.25, -0.2) is 0 Å². The molecule has 0 aliphatic heterocycles. The van der Waals surface area contributed by atoms with E-state index in [4.69, 9.17) is 0 Å². The maximum atomic E-state index is 12.7. The summed E-state index contributed by atoms with van der Waals surface area (Å²) in [6.45, 7) is 7.98. The van der Waals surface area contributed by atoms with E-state index < -0.39 is 0 Å². The lowest BCUT2D eigenvalue weighted by Gasteiger charge is -2.38. The Balaban J connectivity index is 3.66. The number of carbonyl (C=O) groups excluding carboxylic acids is 1. The summed E-state index contributed by atoms with van der Waals surface area (Å²) in [6, 6.07) is 0. The lowest BCUT2D eigenvalue weighted by Crippen LogP contribution is -2.57. The van der Waals surface area contributed by atoms with Crippen LogP contribution in [0.1, 0.15) is 220 Å². The van der Waals surface area contributed by atoms with Crippen LogP contribution < -0.4 is 5.32 Å². The first kappa shape index (κ1) is 41.4. The largest absolute Gasteiger partial charge is 0.309 e. The van der Waals surface area contributed by atoms with E-state index >= 15 is 0 Å². The third-order valence-corrected chi connectivity index (χ3v) is 9.65. The normalized spacial score (nSPS) is 12.6. The summed E-state index contributed by atoms with van der Waals surface area (Å²) in [5.41, 5.74) is 0. The lowest BCUT2D eigenvalue weighted by molar-refractivity contribution is -0.917. The molecule has 1 N–H and O–H groups in total. The lowest BCUT2D eigenvalue weighted by atomic mass is 10.0. The number of unbranched alkanes of at least 4 members (excludes halogenated alkanes) is 27. The quantitative estimate of drug-likeness (QED) is 0.0449. The van der Waals surface area contributed by atoms with Crippen LogP contribution in [-0.2, 0) is 4.79 Å². The van der Waals surface area contributed by atoms with E-state index in [9.17, 15) is 4.79 Å². The Morgan fingerprint density at radius 3 is 1.05 bits per heavy atom. The molecule has 1 amide bonds. The van der Waals surface area contributed by atoms with Gasteiger partial charge in [-0.3, -0.25) is 4.79 Å². The molecule has 0 bridgehead atoms. The van der Waals surface area contributed by atoms with Crippen LogP contribution in [0.4, 0.5) is 0 Å². The molecule has 252 valence electrons. The molecule has 0 aromatic rings. The van der Waals surface area contributed by atoms with Crippen molar-refractivity contribution >= 4 is 5.91 Å². The van der Waals surface area contributed by atoms with Crippen molar-refractivity contribution in [2.45, 2.75) is 226 Å². The van der Waals surface area contributed by atoms with Crippen LogP contribution >= 0.6 is 0 Å². The molecular weight excluding hydrogens is 512 g/mol. The highest BCUT2D eigenvalue weighted by Gasteiger charge is 2.27. The van der Waals surface area contributed by atoms with Gasteiger partial charge >= 0.3 is 0 Å². The molecule has 0 saturated carbocycles. The molecule has 0 heterocycles. The highest BCUT2D eigenvalue weighted by atomic mass is 16.1. The maximum Gasteiger partial charge on any atom is 0.224 e. The van der Waals surface area contributed by atoms with Crippen LogP contribution in [0.2, 0.25) is 0 Å². The second-order valence-electron chi connectivity index (χ2n) is 14.3. The van der Waals surface area contributed by atoms with E-state index in [1.54, 1.807) is 0 Å². The zero-order chi connectivity index (χ0) is 31.0. The third-order valence-electron chi connectivity index (χ3n) is 9.65. The monoisotopic (exact) mass is 594 g/mol. The van der Waals surface area contributed by atoms with Crippen LogP contribution in [0.25, 0.3) is 0 Å². The molecule has 1 atom stereocenters. The summed E-state index contributed by atoms with van der Waals surface area (Å²) in [7, 11) is 4.62. The Kier molecular flexibility index (Phi) is 31.4. The molecule has 0 aliphatic carbocycles. The highest BCUT2D eigenvalue weighted by Crippen LogP contribution is 2.17. The number of amides is 1. The average Bonchev–Trinajstić information content (AvgIpc) is 2.97. The van der Waals surface area contributed by atoms with Gasteiger partial charge in [0.2, 0.25) is 5.91 Å². The van der Waals surface area contributed by atoms with Crippen molar-refractivity contribution in [1.29, 1.82) is 0 Å². The standard InChI is InChI=1S/C39H80N2O/c1-6-9-11-13-15-17-19-21-23-24-26-28-30-32-34-36-39(42)40-38(8-3)41(4,5)37-35-33-31-29-27-25-22-20-18-16-14-12-10-7-2/h38H,6-37H2,1-5H3/p+1. The van der Waals surface area contributed by atoms with Crippen molar-refractivity contribution in [2.75, 3.05) is 20.6 Å². The number of carbonyl (C=O) groups is 1. The van der Waals surface area contributed by atoms with Crippen LogP contribution in [-0.4, -0.2) is 37.2 Å². The number of nitrogens with one attached hydrogen (secondary N) is 1. The minimum absolute atomic E-state index is 0.246. The summed E-state index contributed by atoms with van der Waals surface area (Å²) in [5.74, 6) is 0.267. The Bertz CT molecular complexity index is 547. The van der Waals surface area contributed by atoms with Gasteiger partial charge in [0.1, 0.15) is 0 Å². The SMILES string of the molecule is CCCCCCCCCCCCCCCCCC(=O)NC(CC)[N+](C)(C)CCCCCCCCCCCCCCCC. The van der Waals surface area contributed by atoms with Gasteiger partial charge in [-0.2, -0.15) is 0 Å². The van der Waals surface area contributed by atoms with E-state index in [-0.39, 0.29) is 12.1 Å². The first-order valence-corrected chi connectivity index (χ1v) is 19.6. The van der Waals surface area contributed by atoms with Crippen molar-refractivity contribution in [2.24, 2.45) is 0 Å². The topological polar surface area (TPSA) is 29.1 Å². The van der Waals surface area contributed by atoms with Gasteiger partial charge in [-0.05, 0) is 19.3 Å². The molecule has 0 radical (unpaired) electrons. The van der Waals surface area contributed by atoms with Gasteiger partial charge < -0.3 is 9.80 Å². The molecule has 0 fully saturated rings. The Morgan fingerprint density at radius 1 is 0.452 bits per heavy atom. The van der Waals surface area contributed by atoms with E-state index in [0.29, 0.717) is 6.42 Å². The van der Waals surface area contributed by atoms with E-state index in [1.807, 2.05) is 0 Å². The third kappa shape index (κ3) is 28.2. The van der Waals surface area contributed by atoms with Crippen LogP contribution in [0.15, 0.2) is 0 Å². The van der Waals surface area contributed by atoms with Crippen molar-refractivity contribution < 1.29 is 9.28 Å². The highest BCUT2D eigenvalue weighted by molar-refractivity contribution is 5.75. The number of hydrogen-bond acceptors (Lipinski definition) is 1. The molecule has 3 nitrogen and oxygen atoms in total. The Labute approximate surface area is 266 Å². The number of rotatable bonds is 34. The molecule has 3 heteroatoms. The van der Waals surface area contributed by atoms with Crippen molar-refractivity contribution in [3.8, 4) is 0 Å². The minimum atomic E-state index is 0.246. The Morgan fingerprint density at radius 2 is 0.738 bits per heavy atom. The zero-order valence-corrected chi connectivity index (χ0v) is 30.1. The van der Waals surface area contributed by atoms with E-state index in [2.05, 4.69) is 40.2 Å². The molecule has 0 aromatic heterocycles. The molecule has 0 aliphatic rings. The predicted molar refractivity (Wildman–Crippen MR) is 189 cm³/mol. The van der Waals surface area contributed by atoms with Gasteiger partial charge in [0.25, 0.3) is 0 Å². The van der Waals surface area contributed by atoms with Crippen LogP contribution in [0.3, 0.4) is 0 Å². The molecular formula is C39H81N2O+. The number of quaternary nitrogens is 1. The Hall–Kier alpha value is -0.570. The second kappa shape index (κ2) is 31.8. The van der Waals surface area contributed by atoms with Gasteiger partial charge in [0.15, 0.2) is 6.17 Å². The van der Waals surface area contributed by atoms with Crippen LogP contribution in [0, 0.1) is 0 Å². The smallest absolute Gasteiger partial charge is 0.224 e. The summed E-state index contributed by atoms with van der Waals surface area (Å²) >= 11 is 0. The summed E-state index contributed by atoms with van der Waals surface area (Å²) in [4.78, 5) is 12.7. The molecule has 0 spiro atoms. The summed E-state index contributed by atoms with van der Waals surface area (Å²) in [6.07, 6.45) is 42.2. The molecule has 42 heavy (non-hydrogen) atoms. The second-order valence-corrected chi connectivity index (χ2v) is 14.3. The molecule has 0 aromatic carbocycles. The van der Waals surface area contributed by atoms with Gasteiger partial charge in [0, 0.05) is 12.8 Å². The predicted octanol–water partition coefficient (Wildman–Crippen LogP) is 12.7. The first-order valence-electron chi connectivity index (χ1n) is 19.6. The summed E-state index contributed by atoms with van der Waals surface area (Å²) < 4.78 is 0.916. The van der Waals surface area contributed by atoms with Gasteiger partial charge in [0.05, 0.1) is 20.6 Å². The van der Waals surface area contributed by atoms with E-state index in [0.717, 1.165) is 23.9 Å². The number of nitrogens with zero attached hydrogens (tertiary/aromatic N) is 1. The molecule has 0 rings (SSSR count). The van der Waals surface area contributed by atoms with Crippen LogP contribution in [0.5, 0.6) is 0 Å². The van der Waals surface area contributed by atoms with Crippen molar-refractivity contribution in [1.82, 2.24) is 5.32 Å². The zero-order valence-electron chi connectivity index (χ0n) is 30.1.